The average Bonchev–Trinajstić information content (AvgIpc) is 2.59. The van der Waals surface area contributed by atoms with E-state index < -0.39 is 5.97 Å². The number of carbonyl (C=O) groups is 2. The van der Waals surface area contributed by atoms with Gasteiger partial charge in [0.05, 0.1) is 0 Å². The quantitative estimate of drug-likeness (QED) is 0.315. The highest BCUT2D eigenvalue weighted by Gasteiger charge is 2.04. The zero-order chi connectivity index (χ0) is 17.5. The third kappa shape index (κ3) is 11.0. The molecular weight excluding hydrogens is 300 g/mol. The van der Waals surface area contributed by atoms with Crippen LogP contribution in [0.25, 0.3) is 0 Å². The van der Waals surface area contributed by atoms with E-state index in [0.29, 0.717) is 12.8 Å². The molecule has 3 nitrogen and oxygen atoms in total. The predicted molar refractivity (Wildman–Crippen MR) is 98.4 cm³/mol. The minimum Gasteiger partial charge on any atom is -0.481 e. The minimum absolute atomic E-state index is 0.262. The van der Waals surface area contributed by atoms with Crippen LogP contribution in [0, 0.1) is 0 Å². The second-order valence-electron chi connectivity index (χ2n) is 6.57. The molecule has 0 saturated carbocycles. The van der Waals surface area contributed by atoms with Gasteiger partial charge in [0.25, 0.3) is 0 Å². The first-order chi connectivity index (χ1) is 11.7. The summed E-state index contributed by atoms with van der Waals surface area (Å²) in [5.41, 5.74) is 0.834. The maximum absolute atomic E-state index is 11.9. The van der Waals surface area contributed by atoms with Crippen molar-refractivity contribution in [3.8, 4) is 0 Å². The summed E-state index contributed by atoms with van der Waals surface area (Å²) in [5.74, 6) is -0.418. The average molecular weight is 332 g/mol. The molecule has 0 aliphatic carbocycles. The highest BCUT2D eigenvalue weighted by atomic mass is 16.4. The molecule has 0 aliphatic rings. The van der Waals surface area contributed by atoms with Gasteiger partial charge < -0.3 is 5.11 Å². The Labute approximate surface area is 146 Å². The van der Waals surface area contributed by atoms with Crippen LogP contribution in [-0.2, 0) is 4.79 Å². The molecule has 134 valence electrons. The number of unbranched alkanes of at least 4 members (excludes halogenated alkanes) is 10. The van der Waals surface area contributed by atoms with Crippen molar-refractivity contribution in [2.75, 3.05) is 0 Å². The Balaban J connectivity index is 1.82. The molecule has 1 aromatic carbocycles. The first kappa shape index (κ1) is 20.4. The Morgan fingerprint density at radius 1 is 0.625 bits per heavy atom. The standard InChI is InChI=1S/C21H32O3/c22-20(19-15-11-10-12-16-19)17-13-8-6-4-2-1-3-5-7-9-14-18-21(23)24/h10-12,15-16H,1-9,13-14,17-18H2,(H,23,24). The van der Waals surface area contributed by atoms with Crippen LogP contribution in [0.2, 0.25) is 0 Å². The van der Waals surface area contributed by atoms with Gasteiger partial charge in [-0.3, -0.25) is 9.59 Å². The van der Waals surface area contributed by atoms with E-state index in [4.69, 9.17) is 5.11 Å². The third-order valence-electron chi connectivity index (χ3n) is 4.39. The van der Waals surface area contributed by atoms with Gasteiger partial charge in [0.2, 0.25) is 0 Å². The lowest BCUT2D eigenvalue weighted by Gasteiger charge is -2.03. The number of aliphatic carboxylic acids is 1. The molecule has 0 spiro atoms. The lowest BCUT2D eigenvalue weighted by atomic mass is 10.0. The largest absolute Gasteiger partial charge is 0.481 e. The topological polar surface area (TPSA) is 54.4 Å². The zero-order valence-electron chi connectivity index (χ0n) is 14.8. The molecule has 0 radical (unpaired) electrons. The number of rotatable bonds is 15. The van der Waals surface area contributed by atoms with Crippen LogP contribution in [-0.4, -0.2) is 16.9 Å². The van der Waals surface area contributed by atoms with Crippen molar-refractivity contribution >= 4 is 11.8 Å². The minimum atomic E-state index is -0.680. The maximum Gasteiger partial charge on any atom is 0.303 e. The molecule has 0 unspecified atom stereocenters. The molecule has 0 heterocycles. The second-order valence-corrected chi connectivity index (χ2v) is 6.57. The predicted octanol–water partition coefficient (Wildman–Crippen LogP) is 6.03. The Kier molecular flexibility index (Phi) is 11.7. The van der Waals surface area contributed by atoms with E-state index in [1.54, 1.807) is 0 Å². The van der Waals surface area contributed by atoms with Crippen molar-refractivity contribution in [3.63, 3.8) is 0 Å². The van der Waals surface area contributed by atoms with Crippen LogP contribution in [0.3, 0.4) is 0 Å². The molecule has 3 heteroatoms. The fourth-order valence-electron chi connectivity index (χ4n) is 2.92. The van der Waals surface area contributed by atoms with Crippen LogP contribution < -0.4 is 0 Å². The van der Waals surface area contributed by atoms with Gasteiger partial charge in [-0.2, -0.15) is 0 Å². The second kappa shape index (κ2) is 13.8. The molecule has 0 saturated heterocycles. The molecule has 1 rings (SSSR count). The van der Waals surface area contributed by atoms with E-state index in [-0.39, 0.29) is 5.78 Å². The van der Waals surface area contributed by atoms with E-state index in [9.17, 15) is 9.59 Å². The Morgan fingerprint density at radius 3 is 1.50 bits per heavy atom. The fraction of sp³-hybridized carbons (Fsp3) is 0.619. The SMILES string of the molecule is O=C(O)CCCCCCCCCCCCCC(=O)c1ccccc1. The van der Waals surface area contributed by atoms with E-state index in [0.717, 1.165) is 37.7 Å². The summed E-state index contributed by atoms with van der Waals surface area (Å²) in [6.45, 7) is 0. The van der Waals surface area contributed by atoms with Crippen molar-refractivity contribution in [1.82, 2.24) is 0 Å². The summed E-state index contributed by atoms with van der Waals surface area (Å²) < 4.78 is 0. The number of carboxylic acids is 1. The molecule has 0 aliphatic heterocycles. The monoisotopic (exact) mass is 332 g/mol. The molecule has 0 aromatic heterocycles. The highest BCUT2D eigenvalue weighted by molar-refractivity contribution is 5.95. The molecule has 24 heavy (non-hydrogen) atoms. The first-order valence-electron chi connectivity index (χ1n) is 9.50. The molecular formula is C21H32O3. The van der Waals surface area contributed by atoms with Crippen molar-refractivity contribution in [2.45, 2.75) is 83.5 Å². The van der Waals surface area contributed by atoms with Crippen LogP contribution in [0.4, 0.5) is 0 Å². The molecule has 1 N–H and O–H groups in total. The number of carbonyl (C=O) groups excluding carboxylic acids is 1. The van der Waals surface area contributed by atoms with Gasteiger partial charge in [0, 0.05) is 18.4 Å². The van der Waals surface area contributed by atoms with Crippen LogP contribution in [0.5, 0.6) is 0 Å². The van der Waals surface area contributed by atoms with Gasteiger partial charge in [-0.05, 0) is 12.8 Å². The van der Waals surface area contributed by atoms with Gasteiger partial charge in [-0.25, -0.2) is 0 Å². The van der Waals surface area contributed by atoms with Gasteiger partial charge in [-0.15, -0.1) is 0 Å². The molecule has 0 fully saturated rings. The molecule has 0 amide bonds. The van der Waals surface area contributed by atoms with E-state index in [1.165, 1.54) is 38.5 Å². The van der Waals surface area contributed by atoms with Crippen molar-refractivity contribution in [2.24, 2.45) is 0 Å². The number of ketones is 1. The van der Waals surface area contributed by atoms with E-state index in [2.05, 4.69) is 0 Å². The first-order valence-corrected chi connectivity index (χ1v) is 9.50. The Hall–Kier alpha value is -1.64. The summed E-state index contributed by atoms with van der Waals surface area (Å²) in [4.78, 5) is 22.3. The summed E-state index contributed by atoms with van der Waals surface area (Å²) in [7, 11) is 0. The Bertz CT molecular complexity index is 453. The summed E-state index contributed by atoms with van der Waals surface area (Å²) in [6, 6.07) is 9.56. The lowest BCUT2D eigenvalue weighted by Crippen LogP contribution is -1.98. The number of carboxylic acid groups (broad SMARTS) is 1. The number of benzene rings is 1. The van der Waals surface area contributed by atoms with E-state index >= 15 is 0 Å². The lowest BCUT2D eigenvalue weighted by molar-refractivity contribution is -0.137. The van der Waals surface area contributed by atoms with Crippen molar-refractivity contribution in [3.05, 3.63) is 35.9 Å². The number of Topliss-reactive ketones (excluding diaryl/α,β-unsaturated/α-hetero) is 1. The third-order valence-corrected chi connectivity index (χ3v) is 4.39. The van der Waals surface area contributed by atoms with Crippen molar-refractivity contribution in [1.29, 1.82) is 0 Å². The zero-order valence-corrected chi connectivity index (χ0v) is 14.8. The van der Waals surface area contributed by atoms with Gasteiger partial charge >= 0.3 is 5.97 Å². The van der Waals surface area contributed by atoms with Gasteiger partial charge in [0.1, 0.15) is 0 Å². The summed E-state index contributed by atoms with van der Waals surface area (Å²) >= 11 is 0. The maximum atomic E-state index is 11.9. The van der Waals surface area contributed by atoms with Crippen LogP contribution in [0.15, 0.2) is 30.3 Å². The van der Waals surface area contributed by atoms with Gasteiger partial charge in [0.15, 0.2) is 5.78 Å². The summed E-state index contributed by atoms with van der Waals surface area (Å²) in [6.07, 6.45) is 13.7. The van der Waals surface area contributed by atoms with Gasteiger partial charge in [-0.1, -0.05) is 88.1 Å². The molecule has 0 atom stereocenters. The normalized spacial score (nSPS) is 10.7. The van der Waals surface area contributed by atoms with E-state index in [1.807, 2.05) is 30.3 Å². The number of hydrogen-bond acceptors (Lipinski definition) is 2. The van der Waals surface area contributed by atoms with Crippen LogP contribution >= 0.6 is 0 Å². The smallest absolute Gasteiger partial charge is 0.303 e. The molecule has 0 bridgehead atoms. The number of hydrogen-bond donors (Lipinski definition) is 1. The summed E-state index contributed by atoms with van der Waals surface area (Å²) in [5, 5.41) is 8.54. The fourth-order valence-corrected chi connectivity index (χ4v) is 2.92. The molecule has 1 aromatic rings. The highest BCUT2D eigenvalue weighted by Crippen LogP contribution is 2.13. The van der Waals surface area contributed by atoms with Crippen LogP contribution in [0.1, 0.15) is 93.8 Å². The van der Waals surface area contributed by atoms with Crippen molar-refractivity contribution < 1.29 is 14.7 Å². The Morgan fingerprint density at radius 2 is 1.04 bits per heavy atom.